The Kier molecular flexibility index (Phi) is 4.46. The van der Waals surface area contributed by atoms with Gasteiger partial charge in [-0.2, -0.15) is 0 Å². The van der Waals surface area contributed by atoms with E-state index in [0.717, 1.165) is 0 Å². The number of isocyanates is 1. The first-order valence-corrected chi connectivity index (χ1v) is 5.07. The van der Waals surface area contributed by atoms with Gasteiger partial charge in [-0.25, -0.2) is 14.2 Å². The van der Waals surface area contributed by atoms with Crippen molar-refractivity contribution in [2.75, 3.05) is 14.2 Å². The van der Waals surface area contributed by atoms with Crippen LogP contribution in [0.5, 0.6) is 11.5 Å². The zero-order chi connectivity index (χ0) is 12.1. The maximum atomic E-state index is 13.6. The topological polar surface area (TPSA) is 47.9 Å². The Morgan fingerprint density at radius 2 is 2.06 bits per heavy atom. The van der Waals surface area contributed by atoms with Gasteiger partial charge in [0.2, 0.25) is 6.08 Å². The van der Waals surface area contributed by atoms with E-state index in [0.29, 0.717) is 10.2 Å². The molecule has 1 aromatic rings. The predicted molar refractivity (Wildman–Crippen MR) is 59.0 cm³/mol. The van der Waals surface area contributed by atoms with E-state index in [1.54, 1.807) is 0 Å². The molecule has 0 unspecified atom stereocenters. The van der Waals surface area contributed by atoms with Gasteiger partial charge in [0, 0.05) is 0 Å². The SMILES string of the molecule is COc1c(Br)cc(F)c(CN=C=O)c1OC. The van der Waals surface area contributed by atoms with Gasteiger partial charge in [0.05, 0.1) is 30.8 Å². The molecule has 4 nitrogen and oxygen atoms in total. The van der Waals surface area contributed by atoms with Crippen molar-refractivity contribution >= 4 is 22.0 Å². The van der Waals surface area contributed by atoms with Crippen molar-refractivity contribution in [1.82, 2.24) is 0 Å². The second-order valence-electron chi connectivity index (χ2n) is 2.79. The normalized spacial score (nSPS) is 9.50. The van der Waals surface area contributed by atoms with Crippen LogP contribution in [0.25, 0.3) is 0 Å². The Labute approximate surface area is 100 Å². The lowest BCUT2D eigenvalue weighted by atomic mass is 10.1. The maximum absolute atomic E-state index is 13.6. The molecule has 16 heavy (non-hydrogen) atoms. The van der Waals surface area contributed by atoms with Crippen LogP contribution in [0.2, 0.25) is 0 Å². The molecule has 1 aromatic carbocycles. The number of hydrogen-bond acceptors (Lipinski definition) is 4. The minimum absolute atomic E-state index is 0.137. The van der Waals surface area contributed by atoms with Crippen LogP contribution in [-0.2, 0) is 11.3 Å². The van der Waals surface area contributed by atoms with E-state index < -0.39 is 5.82 Å². The second kappa shape index (κ2) is 5.63. The first-order chi connectivity index (χ1) is 7.65. The average Bonchev–Trinajstić information content (AvgIpc) is 2.27. The number of rotatable bonds is 4. The van der Waals surface area contributed by atoms with Gasteiger partial charge in [-0.3, -0.25) is 0 Å². The fraction of sp³-hybridized carbons (Fsp3) is 0.300. The highest BCUT2D eigenvalue weighted by Crippen LogP contribution is 2.39. The molecule has 0 aliphatic rings. The van der Waals surface area contributed by atoms with Crippen molar-refractivity contribution in [2.24, 2.45) is 4.99 Å². The molecule has 86 valence electrons. The molecule has 0 N–H and O–H groups in total. The Bertz CT molecular complexity index is 444. The number of hydrogen-bond donors (Lipinski definition) is 0. The number of aliphatic imine (C=N–C) groups is 1. The van der Waals surface area contributed by atoms with Crippen LogP contribution >= 0.6 is 15.9 Å². The Hall–Kier alpha value is -1.39. The lowest BCUT2D eigenvalue weighted by Gasteiger charge is -2.13. The van der Waals surface area contributed by atoms with Crippen molar-refractivity contribution in [3.63, 3.8) is 0 Å². The van der Waals surface area contributed by atoms with E-state index in [2.05, 4.69) is 20.9 Å². The van der Waals surface area contributed by atoms with E-state index in [1.807, 2.05) is 0 Å². The van der Waals surface area contributed by atoms with Gasteiger partial charge >= 0.3 is 0 Å². The minimum Gasteiger partial charge on any atom is -0.492 e. The fourth-order valence-electron chi connectivity index (χ4n) is 1.28. The van der Waals surface area contributed by atoms with Crippen molar-refractivity contribution in [2.45, 2.75) is 6.54 Å². The van der Waals surface area contributed by atoms with Crippen LogP contribution in [0.3, 0.4) is 0 Å². The number of carbonyl (C=O) groups excluding carboxylic acids is 1. The molecule has 0 fully saturated rings. The molecule has 1 rings (SSSR count). The molecule has 0 amide bonds. The van der Waals surface area contributed by atoms with Gasteiger partial charge in [-0.1, -0.05) is 0 Å². The molecule has 0 saturated heterocycles. The summed E-state index contributed by atoms with van der Waals surface area (Å²) >= 11 is 3.15. The Morgan fingerprint density at radius 1 is 1.44 bits per heavy atom. The summed E-state index contributed by atoms with van der Waals surface area (Å²) in [5, 5.41) is 0. The third-order valence-corrected chi connectivity index (χ3v) is 2.54. The molecule has 0 saturated carbocycles. The fourth-order valence-corrected chi connectivity index (χ4v) is 1.83. The van der Waals surface area contributed by atoms with Gasteiger partial charge in [-0.05, 0) is 22.0 Å². The zero-order valence-corrected chi connectivity index (χ0v) is 10.3. The van der Waals surface area contributed by atoms with Gasteiger partial charge in [-0.15, -0.1) is 0 Å². The third-order valence-electron chi connectivity index (χ3n) is 1.95. The predicted octanol–water partition coefficient (Wildman–Crippen LogP) is 2.44. The molecule has 0 aromatic heterocycles. The maximum Gasteiger partial charge on any atom is 0.235 e. The lowest BCUT2D eigenvalue weighted by molar-refractivity contribution is 0.346. The first-order valence-electron chi connectivity index (χ1n) is 4.28. The van der Waals surface area contributed by atoms with Crippen LogP contribution in [0.4, 0.5) is 4.39 Å². The number of ether oxygens (including phenoxy) is 2. The molecule has 0 aliphatic carbocycles. The lowest BCUT2D eigenvalue weighted by Crippen LogP contribution is -1.99. The monoisotopic (exact) mass is 289 g/mol. The Balaban J connectivity index is 3.38. The summed E-state index contributed by atoms with van der Waals surface area (Å²) < 4.78 is 24.1. The average molecular weight is 290 g/mol. The molecular weight excluding hydrogens is 281 g/mol. The van der Waals surface area contributed by atoms with Gasteiger partial charge < -0.3 is 9.47 Å². The van der Waals surface area contributed by atoms with Gasteiger partial charge in [0.25, 0.3) is 0 Å². The molecule has 6 heteroatoms. The highest BCUT2D eigenvalue weighted by molar-refractivity contribution is 9.10. The Morgan fingerprint density at radius 3 is 2.56 bits per heavy atom. The standard InChI is InChI=1S/C10H9BrFNO3/c1-15-9-6(4-13-5-14)8(12)3-7(11)10(9)16-2/h3H,4H2,1-2H3. The van der Waals surface area contributed by atoms with E-state index in [1.165, 1.54) is 26.4 Å². The minimum atomic E-state index is -0.525. The number of halogens is 2. The van der Waals surface area contributed by atoms with Crippen molar-refractivity contribution < 1.29 is 18.7 Å². The van der Waals surface area contributed by atoms with Gasteiger partial charge in [0.15, 0.2) is 11.5 Å². The van der Waals surface area contributed by atoms with E-state index in [4.69, 9.17) is 9.47 Å². The largest absolute Gasteiger partial charge is 0.492 e. The van der Waals surface area contributed by atoms with Crippen molar-refractivity contribution in [3.05, 3.63) is 21.9 Å². The van der Waals surface area contributed by atoms with Crippen LogP contribution in [0, 0.1) is 5.82 Å². The van der Waals surface area contributed by atoms with Crippen molar-refractivity contribution in [3.8, 4) is 11.5 Å². The number of methoxy groups -OCH3 is 2. The van der Waals surface area contributed by atoms with E-state index in [-0.39, 0.29) is 17.9 Å². The molecule has 0 atom stereocenters. The first kappa shape index (κ1) is 12.7. The number of nitrogens with zero attached hydrogens (tertiary/aromatic N) is 1. The van der Waals surface area contributed by atoms with Gasteiger partial charge in [0.1, 0.15) is 5.82 Å². The summed E-state index contributed by atoms with van der Waals surface area (Å²) in [6.07, 6.45) is 1.35. The smallest absolute Gasteiger partial charge is 0.235 e. The molecule has 0 aliphatic heterocycles. The third kappa shape index (κ3) is 2.40. The molecule has 0 heterocycles. The summed E-state index contributed by atoms with van der Waals surface area (Å²) in [6.45, 7) is -0.137. The summed E-state index contributed by atoms with van der Waals surface area (Å²) in [5.74, 6) is 0.0527. The highest BCUT2D eigenvalue weighted by Gasteiger charge is 2.18. The van der Waals surface area contributed by atoms with E-state index in [9.17, 15) is 9.18 Å². The molecule has 0 radical (unpaired) electrons. The van der Waals surface area contributed by atoms with Crippen LogP contribution < -0.4 is 9.47 Å². The van der Waals surface area contributed by atoms with Crippen LogP contribution in [-0.4, -0.2) is 20.3 Å². The number of benzene rings is 1. The quantitative estimate of drug-likeness (QED) is 0.632. The summed E-state index contributed by atoms with van der Waals surface area (Å²) in [7, 11) is 2.82. The zero-order valence-electron chi connectivity index (χ0n) is 8.71. The summed E-state index contributed by atoms with van der Waals surface area (Å²) in [6, 6.07) is 1.23. The summed E-state index contributed by atoms with van der Waals surface area (Å²) in [5.41, 5.74) is 0.158. The molecular formula is C10H9BrFNO3. The van der Waals surface area contributed by atoms with Crippen LogP contribution in [0.1, 0.15) is 5.56 Å². The van der Waals surface area contributed by atoms with Crippen LogP contribution in [0.15, 0.2) is 15.5 Å². The van der Waals surface area contributed by atoms with Crippen molar-refractivity contribution in [1.29, 1.82) is 0 Å². The molecule has 0 bridgehead atoms. The molecule has 0 spiro atoms. The highest BCUT2D eigenvalue weighted by atomic mass is 79.9. The van der Waals surface area contributed by atoms with E-state index >= 15 is 0 Å². The summed E-state index contributed by atoms with van der Waals surface area (Å²) in [4.78, 5) is 13.3. The second-order valence-corrected chi connectivity index (χ2v) is 3.65.